The number of allylic oxidation sites excluding steroid dienone is 1. The number of carbonyl (C=O) groups excluding carboxylic acids is 1. The van der Waals surface area contributed by atoms with Crippen LogP contribution in [-0.4, -0.2) is 23.8 Å². The third-order valence-corrected chi connectivity index (χ3v) is 8.44. The van der Waals surface area contributed by atoms with Crippen molar-refractivity contribution in [2.45, 2.75) is 33.4 Å². The van der Waals surface area contributed by atoms with Crippen molar-refractivity contribution in [3.8, 4) is 11.5 Å². The lowest BCUT2D eigenvalue weighted by Crippen LogP contribution is -2.39. The minimum absolute atomic E-state index is 0.228. The highest BCUT2D eigenvalue weighted by Gasteiger charge is 2.33. The van der Waals surface area contributed by atoms with Gasteiger partial charge in [-0.15, -0.1) is 0 Å². The molecule has 5 aromatic rings. The summed E-state index contributed by atoms with van der Waals surface area (Å²) in [5.41, 5.74) is 3.35. The van der Waals surface area contributed by atoms with Crippen LogP contribution < -0.4 is 24.4 Å². The maximum Gasteiger partial charge on any atom is 0.338 e. The van der Waals surface area contributed by atoms with Gasteiger partial charge in [0.15, 0.2) is 16.3 Å². The van der Waals surface area contributed by atoms with Gasteiger partial charge in [0.25, 0.3) is 5.56 Å². The van der Waals surface area contributed by atoms with Crippen LogP contribution in [0.1, 0.15) is 43.5 Å². The molecular weight excluding hydrogens is 572 g/mol. The van der Waals surface area contributed by atoms with E-state index in [-0.39, 0.29) is 12.2 Å². The van der Waals surface area contributed by atoms with Crippen molar-refractivity contribution in [3.63, 3.8) is 0 Å². The number of rotatable bonds is 9. The SMILES string of the molecule is CCOC(=O)C1=C(C)N=c2s/c(=C\c3ccc(OCc4cccc5ccccc45)c(OCC)c3)c(=O)n2[C@@H]1c1ccccc1. The van der Waals surface area contributed by atoms with Crippen molar-refractivity contribution in [1.82, 2.24) is 4.57 Å². The van der Waals surface area contributed by atoms with E-state index in [9.17, 15) is 9.59 Å². The maximum absolute atomic E-state index is 13.9. The van der Waals surface area contributed by atoms with E-state index < -0.39 is 12.0 Å². The average Bonchev–Trinajstić information content (AvgIpc) is 3.34. The van der Waals surface area contributed by atoms with Gasteiger partial charge in [-0.3, -0.25) is 9.36 Å². The van der Waals surface area contributed by atoms with E-state index in [4.69, 9.17) is 14.2 Å². The number of hydrogen-bond donors (Lipinski definition) is 0. The molecule has 1 aliphatic heterocycles. The van der Waals surface area contributed by atoms with Gasteiger partial charge < -0.3 is 14.2 Å². The predicted octanol–water partition coefficient (Wildman–Crippen LogP) is 5.93. The topological polar surface area (TPSA) is 79.1 Å². The Kier molecular flexibility index (Phi) is 8.43. The Morgan fingerprint density at radius 2 is 1.68 bits per heavy atom. The molecule has 0 N–H and O–H groups in total. The normalized spacial score (nSPS) is 14.7. The number of carbonyl (C=O) groups is 1. The Hall–Kier alpha value is -4.95. The van der Waals surface area contributed by atoms with Gasteiger partial charge in [-0.25, -0.2) is 9.79 Å². The smallest absolute Gasteiger partial charge is 0.338 e. The molecule has 0 bridgehead atoms. The molecule has 1 aromatic heterocycles. The molecule has 1 aliphatic rings. The van der Waals surface area contributed by atoms with Gasteiger partial charge in [-0.1, -0.05) is 90.2 Å². The highest BCUT2D eigenvalue weighted by molar-refractivity contribution is 7.07. The van der Waals surface area contributed by atoms with E-state index in [1.165, 1.54) is 11.3 Å². The van der Waals surface area contributed by atoms with Crippen molar-refractivity contribution < 1.29 is 19.0 Å². The molecule has 0 aliphatic carbocycles. The number of aromatic nitrogens is 1. The summed E-state index contributed by atoms with van der Waals surface area (Å²) >= 11 is 1.29. The second-order valence-electron chi connectivity index (χ2n) is 10.3. The third-order valence-electron chi connectivity index (χ3n) is 7.46. The molecule has 0 saturated carbocycles. The lowest BCUT2D eigenvalue weighted by Gasteiger charge is -2.24. The third kappa shape index (κ3) is 5.68. The van der Waals surface area contributed by atoms with E-state index in [0.29, 0.717) is 45.3 Å². The van der Waals surface area contributed by atoms with Crippen molar-refractivity contribution in [3.05, 3.63) is 139 Å². The summed E-state index contributed by atoms with van der Waals surface area (Å²) in [5, 5.41) is 2.31. The monoisotopic (exact) mass is 604 g/mol. The van der Waals surface area contributed by atoms with E-state index in [1.807, 2.05) is 79.7 Å². The largest absolute Gasteiger partial charge is 0.490 e. The molecule has 6 rings (SSSR count). The molecular formula is C36H32N2O5S. The Morgan fingerprint density at radius 1 is 0.909 bits per heavy atom. The van der Waals surface area contributed by atoms with Crippen LogP contribution in [0.4, 0.5) is 0 Å². The predicted molar refractivity (Wildman–Crippen MR) is 173 cm³/mol. The number of esters is 1. The molecule has 8 heteroatoms. The summed E-state index contributed by atoms with van der Waals surface area (Å²) in [7, 11) is 0. The molecule has 0 amide bonds. The van der Waals surface area contributed by atoms with Crippen LogP contribution in [0, 0.1) is 0 Å². The minimum Gasteiger partial charge on any atom is -0.490 e. The van der Waals surface area contributed by atoms with Gasteiger partial charge in [0.05, 0.1) is 35.1 Å². The zero-order valence-corrected chi connectivity index (χ0v) is 25.6. The van der Waals surface area contributed by atoms with Gasteiger partial charge in [-0.05, 0) is 66.4 Å². The second kappa shape index (κ2) is 12.7. The van der Waals surface area contributed by atoms with Crippen LogP contribution in [-0.2, 0) is 16.1 Å². The summed E-state index contributed by atoms with van der Waals surface area (Å²) in [4.78, 5) is 32.2. The highest BCUT2D eigenvalue weighted by Crippen LogP contribution is 2.32. The average molecular weight is 605 g/mol. The standard InChI is InChI=1S/C36H32N2O5S/c1-4-41-30-20-24(18-19-29(30)43-22-27-16-11-15-25-12-9-10-17-28(25)27)21-31-34(39)38-33(26-13-7-6-8-14-26)32(35(40)42-5-2)23(3)37-36(38)44-31/h6-21,33H,4-5,22H2,1-3H3/b31-21-/t33-/m1/s1. The highest BCUT2D eigenvalue weighted by atomic mass is 32.1. The Labute approximate surface area is 259 Å². The maximum atomic E-state index is 13.9. The summed E-state index contributed by atoms with van der Waals surface area (Å²) in [6, 6.07) is 28.9. The molecule has 1 atom stereocenters. The van der Waals surface area contributed by atoms with Crippen molar-refractivity contribution in [2.24, 2.45) is 4.99 Å². The summed E-state index contributed by atoms with van der Waals surface area (Å²) < 4.78 is 19.7. The number of hydrogen-bond acceptors (Lipinski definition) is 7. The molecule has 2 heterocycles. The number of benzene rings is 4. The van der Waals surface area contributed by atoms with Crippen molar-refractivity contribution in [2.75, 3.05) is 13.2 Å². The van der Waals surface area contributed by atoms with Crippen LogP contribution in [0.5, 0.6) is 11.5 Å². The molecule has 0 radical (unpaired) electrons. The Balaban J connectivity index is 1.37. The summed E-state index contributed by atoms with van der Waals surface area (Å²) in [5.74, 6) is 0.742. The summed E-state index contributed by atoms with van der Waals surface area (Å²) in [6.45, 7) is 6.55. The van der Waals surface area contributed by atoms with Gasteiger partial charge in [0.2, 0.25) is 0 Å². The van der Waals surface area contributed by atoms with Crippen LogP contribution in [0.2, 0.25) is 0 Å². The first-order chi connectivity index (χ1) is 21.5. The van der Waals surface area contributed by atoms with E-state index >= 15 is 0 Å². The fourth-order valence-electron chi connectivity index (χ4n) is 5.47. The van der Waals surface area contributed by atoms with Crippen LogP contribution in [0.15, 0.2) is 112 Å². The Morgan fingerprint density at radius 3 is 2.48 bits per heavy atom. The Bertz CT molecular complexity index is 2050. The van der Waals surface area contributed by atoms with Crippen LogP contribution in [0.3, 0.4) is 0 Å². The number of thiazole rings is 1. The van der Waals surface area contributed by atoms with Crippen molar-refractivity contribution >= 4 is 34.2 Å². The molecule has 4 aromatic carbocycles. The molecule has 222 valence electrons. The molecule has 7 nitrogen and oxygen atoms in total. The van der Waals surface area contributed by atoms with Crippen LogP contribution in [0.25, 0.3) is 16.8 Å². The van der Waals surface area contributed by atoms with Gasteiger partial charge in [-0.2, -0.15) is 0 Å². The number of ether oxygens (including phenoxy) is 3. The van der Waals surface area contributed by atoms with E-state index in [2.05, 4.69) is 29.3 Å². The summed E-state index contributed by atoms with van der Waals surface area (Å²) in [6.07, 6.45) is 1.83. The first-order valence-electron chi connectivity index (χ1n) is 14.6. The lowest BCUT2D eigenvalue weighted by atomic mass is 9.96. The molecule has 0 unspecified atom stereocenters. The zero-order valence-electron chi connectivity index (χ0n) is 24.8. The van der Waals surface area contributed by atoms with Gasteiger partial charge >= 0.3 is 5.97 Å². The zero-order chi connectivity index (χ0) is 30.6. The van der Waals surface area contributed by atoms with E-state index in [0.717, 1.165) is 27.5 Å². The molecule has 0 fully saturated rings. The fourth-order valence-corrected chi connectivity index (χ4v) is 6.52. The molecule has 0 saturated heterocycles. The van der Waals surface area contributed by atoms with E-state index in [1.54, 1.807) is 18.4 Å². The molecule has 0 spiro atoms. The minimum atomic E-state index is -0.641. The fraction of sp³-hybridized carbons (Fsp3) is 0.194. The first kappa shape index (κ1) is 29.1. The van der Waals surface area contributed by atoms with Crippen molar-refractivity contribution in [1.29, 1.82) is 0 Å². The van der Waals surface area contributed by atoms with Crippen LogP contribution >= 0.6 is 11.3 Å². The number of fused-ring (bicyclic) bond motifs is 2. The number of nitrogens with zero attached hydrogens (tertiary/aromatic N) is 2. The van der Waals surface area contributed by atoms with Gasteiger partial charge in [0.1, 0.15) is 6.61 Å². The second-order valence-corrected chi connectivity index (χ2v) is 11.3. The van der Waals surface area contributed by atoms with Gasteiger partial charge in [0, 0.05) is 0 Å². The quantitative estimate of drug-likeness (QED) is 0.195. The lowest BCUT2D eigenvalue weighted by molar-refractivity contribution is -0.139. The molecule has 44 heavy (non-hydrogen) atoms. The first-order valence-corrected chi connectivity index (χ1v) is 15.4.